The number of benzene rings is 1. The van der Waals surface area contributed by atoms with Gasteiger partial charge in [-0.15, -0.1) is 11.3 Å². The van der Waals surface area contributed by atoms with Crippen LogP contribution in [0, 0.1) is 0 Å². The highest BCUT2D eigenvalue weighted by atomic mass is 32.1. The molecule has 154 valence electrons. The Bertz CT molecular complexity index is 1200. The molecule has 30 heavy (non-hydrogen) atoms. The number of carbonyl (C=O) groups is 1. The first-order valence-corrected chi connectivity index (χ1v) is 10.5. The zero-order valence-electron chi connectivity index (χ0n) is 16.2. The maximum absolute atomic E-state index is 11.4. The summed E-state index contributed by atoms with van der Waals surface area (Å²) in [6.45, 7) is 2.42. The lowest BCUT2D eigenvalue weighted by molar-refractivity contribution is -0.119. The van der Waals surface area contributed by atoms with Gasteiger partial charge in [0.2, 0.25) is 11.9 Å². The molecule has 5 rings (SSSR count). The Morgan fingerprint density at radius 2 is 2.33 bits per heavy atom. The third kappa shape index (κ3) is 3.60. The molecule has 0 aliphatic carbocycles. The second-order valence-corrected chi connectivity index (χ2v) is 8.27. The highest BCUT2D eigenvalue weighted by Gasteiger charge is 2.25. The van der Waals surface area contributed by atoms with Crippen molar-refractivity contribution in [2.45, 2.75) is 12.6 Å². The molecule has 1 aliphatic heterocycles. The van der Waals surface area contributed by atoms with E-state index in [4.69, 9.17) is 15.5 Å². The summed E-state index contributed by atoms with van der Waals surface area (Å²) in [4.78, 5) is 23.9. The second-order valence-electron chi connectivity index (χ2n) is 7.10. The number of rotatable bonds is 5. The maximum atomic E-state index is 11.4. The Balaban J connectivity index is 1.37. The number of thiophene rings is 1. The zero-order valence-corrected chi connectivity index (χ0v) is 17.0. The predicted octanol–water partition coefficient (Wildman–Crippen LogP) is 1.72. The van der Waals surface area contributed by atoms with E-state index in [2.05, 4.69) is 31.5 Å². The maximum Gasteiger partial charge on any atom is 0.234 e. The van der Waals surface area contributed by atoms with Crippen LogP contribution in [0.2, 0.25) is 0 Å². The van der Waals surface area contributed by atoms with Gasteiger partial charge in [0, 0.05) is 16.8 Å². The molecule has 4 N–H and O–H groups in total. The Morgan fingerprint density at radius 3 is 3.23 bits per heavy atom. The Labute approximate surface area is 176 Å². The number of hydrogen-bond donors (Lipinski definition) is 3. The minimum absolute atomic E-state index is 0.0143. The topological polar surface area (TPSA) is 122 Å². The lowest BCUT2D eigenvalue weighted by atomic mass is 10.0. The minimum atomic E-state index is -0.175. The molecule has 10 heteroatoms. The van der Waals surface area contributed by atoms with E-state index < -0.39 is 0 Å². The quantitative estimate of drug-likeness (QED) is 0.447. The van der Waals surface area contributed by atoms with Crippen molar-refractivity contribution < 1.29 is 9.53 Å². The van der Waals surface area contributed by atoms with Gasteiger partial charge in [-0.1, -0.05) is 12.1 Å². The van der Waals surface area contributed by atoms with E-state index in [1.807, 2.05) is 30.6 Å². The number of fused-ring (bicyclic) bond motifs is 2. The van der Waals surface area contributed by atoms with E-state index in [1.165, 1.54) is 0 Å². The van der Waals surface area contributed by atoms with Crippen LogP contribution in [0.25, 0.3) is 21.1 Å². The number of carbonyl (C=O) groups excluding carboxylic acids is 1. The molecular weight excluding hydrogens is 402 g/mol. The number of nitrogens with zero attached hydrogens (tertiary/aromatic N) is 4. The molecule has 0 saturated carbocycles. The van der Waals surface area contributed by atoms with Crippen LogP contribution in [0.5, 0.6) is 0 Å². The van der Waals surface area contributed by atoms with E-state index >= 15 is 0 Å². The average molecular weight is 424 g/mol. The number of amides is 1. The van der Waals surface area contributed by atoms with Gasteiger partial charge < -0.3 is 20.7 Å². The molecule has 3 aromatic heterocycles. The van der Waals surface area contributed by atoms with Crippen molar-refractivity contribution in [2.24, 2.45) is 5.73 Å². The third-order valence-corrected chi connectivity index (χ3v) is 6.23. The molecule has 1 unspecified atom stereocenters. The smallest absolute Gasteiger partial charge is 0.234 e. The number of hydrogen-bond acceptors (Lipinski definition) is 8. The van der Waals surface area contributed by atoms with Crippen LogP contribution in [-0.4, -0.2) is 52.3 Å². The third-order valence-electron chi connectivity index (χ3n) is 5.17. The van der Waals surface area contributed by atoms with E-state index in [1.54, 1.807) is 11.3 Å². The Kier molecular flexibility index (Phi) is 5.03. The number of aromatic nitrogens is 4. The van der Waals surface area contributed by atoms with Crippen LogP contribution in [-0.2, 0) is 16.1 Å². The first kappa shape index (κ1) is 18.9. The van der Waals surface area contributed by atoms with Crippen LogP contribution in [0.3, 0.4) is 0 Å². The van der Waals surface area contributed by atoms with Gasteiger partial charge in [-0.3, -0.25) is 9.89 Å². The summed E-state index contributed by atoms with van der Waals surface area (Å²) in [5.41, 5.74) is 8.33. The SMILES string of the molecule is NCC(=O)NCc1cc2nc(N3CCOC(c4cccc5[nH]ncc45)C3)ncc2s1. The molecule has 1 amide bonds. The average Bonchev–Trinajstić information content (AvgIpc) is 3.43. The molecule has 0 radical (unpaired) electrons. The Hall–Kier alpha value is -3.08. The summed E-state index contributed by atoms with van der Waals surface area (Å²) in [6, 6.07) is 8.09. The van der Waals surface area contributed by atoms with Crippen LogP contribution >= 0.6 is 11.3 Å². The summed E-state index contributed by atoms with van der Waals surface area (Å²) in [7, 11) is 0. The first-order chi connectivity index (χ1) is 14.7. The molecule has 4 heterocycles. The molecule has 1 atom stereocenters. The van der Waals surface area contributed by atoms with Crippen LogP contribution < -0.4 is 16.0 Å². The normalized spacial score (nSPS) is 17.0. The van der Waals surface area contributed by atoms with E-state index in [0.29, 0.717) is 25.6 Å². The van der Waals surface area contributed by atoms with Gasteiger partial charge in [-0.05, 0) is 17.7 Å². The standard InChI is InChI=1S/C20H21N7O2S/c21-7-19(28)22-8-12-6-16-18(30-12)10-23-20(25-16)27-4-5-29-17(11-27)13-2-1-3-15-14(13)9-24-26-15/h1-3,6,9-10,17H,4-5,7-8,11,21H2,(H,22,28)(H,24,26). The van der Waals surface area contributed by atoms with E-state index in [0.717, 1.165) is 38.1 Å². The van der Waals surface area contributed by atoms with Crippen molar-refractivity contribution in [1.82, 2.24) is 25.5 Å². The molecule has 1 saturated heterocycles. The fraction of sp³-hybridized carbons (Fsp3) is 0.300. The van der Waals surface area contributed by atoms with Crippen molar-refractivity contribution in [2.75, 3.05) is 31.1 Å². The summed E-state index contributed by atoms with van der Waals surface area (Å²) < 4.78 is 7.05. The predicted molar refractivity (Wildman–Crippen MR) is 115 cm³/mol. The van der Waals surface area contributed by atoms with Gasteiger partial charge in [0.05, 0.1) is 54.4 Å². The molecule has 4 aromatic rings. The zero-order chi connectivity index (χ0) is 20.5. The first-order valence-electron chi connectivity index (χ1n) is 9.72. The number of morpholine rings is 1. The fourth-order valence-corrected chi connectivity index (χ4v) is 4.58. The number of H-pyrrole nitrogens is 1. The van der Waals surface area contributed by atoms with Crippen molar-refractivity contribution in [3.8, 4) is 0 Å². The molecule has 1 aliphatic rings. The molecule has 0 spiro atoms. The molecule has 9 nitrogen and oxygen atoms in total. The van der Waals surface area contributed by atoms with Gasteiger partial charge in [0.1, 0.15) is 6.10 Å². The number of nitrogens with one attached hydrogen (secondary N) is 2. The largest absolute Gasteiger partial charge is 0.370 e. The molecule has 1 fully saturated rings. The van der Waals surface area contributed by atoms with Crippen molar-refractivity contribution in [3.05, 3.63) is 47.1 Å². The van der Waals surface area contributed by atoms with Crippen molar-refractivity contribution in [3.63, 3.8) is 0 Å². The molecule has 0 bridgehead atoms. The highest BCUT2D eigenvalue weighted by Crippen LogP contribution is 2.30. The van der Waals surface area contributed by atoms with Gasteiger partial charge in [-0.2, -0.15) is 5.10 Å². The number of aromatic amines is 1. The van der Waals surface area contributed by atoms with Crippen molar-refractivity contribution >= 4 is 44.3 Å². The van der Waals surface area contributed by atoms with Gasteiger partial charge >= 0.3 is 0 Å². The van der Waals surface area contributed by atoms with Crippen molar-refractivity contribution in [1.29, 1.82) is 0 Å². The van der Waals surface area contributed by atoms with Gasteiger partial charge in [0.25, 0.3) is 0 Å². The van der Waals surface area contributed by atoms with Gasteiger partial charge in [0.15, 0.2) is 0 Å². The molecule has 1 aromatic carbocycles. The van der Waals surface area contributed by atoms with Crippen LogP contribution in [0.1, 0.15) is 16.5 Å². The van der Waals surface area contributed by atoms with Crippen LogP contribution in [0.4, 0.5) is 5.95 Å². The Morgan fingerprint density at radius 1 is 1.40 bits per heavy atom. The lowest BCUT2D eigenvalue weighted by Gasteiger charge is -2.33. The number of ether oxygens (including phenoxy) is 1. The van der Waals surface area contributed by atoms with E-state index in [-0.39, 0.29) is 18.6 Å². The summed E-state index contributed by atoms with van der Waals surface area (Å²) in [5.74, 6) is 0.511. The summed E-state index contributed by atoms with van der Waals surface area (Å²) in [6.07, 6.45) is 3.60. The number of nitrogens with two attached hydrogens (primary N) is 1. The summed E-state index contributed by atoms with van der Waals surface area (Å²) in [5, 5.41) is 11.0. The fourth-order valence-electron chi connectivity index (χ4n) is 3.67. The number of anilines is 1. The lowest BCUT2D eigenvalue weighted by Crippen LogP contribution is -2.39. The second kappa shape index (κ2) is 7.98. The van der Waals surface area contributed by atoms with E-state index in [9.17, 15) is 4.79 Å². The summed E-state index contributed by atoms with van der Waals surface area (Å²) >= 11 is 1.57. The van der Waals surface area contributed by atoms with Crippen LogP contribution in [0.15, 0.2) is 36.7 Å². The minimum Gasteiger partial charge on any atom is -0.370 e. The monoisotopic (exact) mass is 423 g/mol. The van der Waals surface area contributed by atoms with Gasteiger partial charge in [-0.25, -0.2) is 9.97 Å². The highest BCUT2D eigenvalue weighted by molar-refractivity contribution is 7.18. The molecular formula is C20H21N7O2S.